The highest BCUT2D eigenvalue weighted by Crippen LogP contribution is 2.51. The molecule has 17 N–H and O–H groups in total. The van der Waals surface area contributed by atoms with Crippen molar-refractivity contribution < 1.29 is 127 Å². The number of carboxylic acid groups (broad SMARTS) is 9. The quantitative estimate of drug-likeness (QED) is 0.0197. The van der Waals surface area contributed by atoms with Crippen LogP contribution in [0.25, 0.3) is 0 Å². The molecule has 0 radical (unpaired) electrons. The molecule has 37 nitrogen and oxygen atoms in total. The fourth-order valence-corrected chi connectivity index (χ4v) is 16.0. The molecular formula is C63H99FN12O25Si. The van der Waals surface area contributed by atoms with Gasteiger partial charge < -0.3 is 92.6 Å². The summed E-state index contributed by atoms with van der Waals surface area (Å²) < 4.78 is 17.2. The molecule has 8 amide bonds. The van der Waals surface area contributed by atoms with E-state index in [1.807, 2.05) is 10.6 Å². The summed E-state index contributed by atoms with van der Waals surface area (Å²) in [5, 5.41) is 104. The number of halogens is 1. The number of urea groups is 1. The van der Waals surface area contributed by atoms with Crippen LogP contribution in [0.2, 0.25) is 10.1 Å². The number of carboxylic acids is 9. The highest BCUT2D eigenvalue weighted by Gasteiger charge is 2.56. The van der Waals surface area contributed by atoms with Crippen LogP contribution in [-0.4, -0.2) is 297 Å². The number of rotatable bonds is 43. The Labute approximate surface area is 588 Å². The van der Waals surface area contributed by atoms with Gasteiger partial charge in [-0.05, 0) is 78.8 Å². The van der Waals surface area contributed by atoms with Gasteiger partial charge in [0.2, 0.25) is 29.5 Å². The third-order valence-electron chi connectivity index (χ3n) is 16.6. The van der Waals surface area contributed by atoms with Gasteiger partial charge in [0.1, 0.15) is 36.3 Å². The molecule has 1 aromatic carbocycles. The summed E-state index contributed by atoms with van der Waals surface area (Å²) in [6, 6.07) is -5.23. The van der Waals surface area contributed by atoms with Crippen molar-refractivity contribution in [2.75, 3.05) is 91.6 Å². The van der Waals surface area contributed by atoms with Gasteiger partial charge in [0.05, 0.1) is 19.6 Å². The van der Waals surface area contributed by atoms with E-state index < -0.39 is 208 Å². The number of hydrogen-bond acceptors (Lipinski definition) is 20. The molecular weight excluding hydrogens is 1370 g/mol. The van der Waals surface area contributed by atoms with Crippen molar-refractivity contribution in [1.82, 2.24) is 62.1 Å². The average molecular weight is 1470 g/mol. The van der Waals surface area contributed by atoms with Gasteiger partial charge in [0.25, 0.3) is 14.3 Å². The molecule has 2 rings (SSSR count). The van der Waals surface area contributed by atoms with Gasteiger partial charge in [-0.15, -0.1) is 0 Å². The van der Waals surface area contributed by atoms with E-state index in [9.17, 15) is 118 Å². The molecule has 1 aliphatic heterocycles. The predicted octanol–water partition coefficient (Wildman–Crippen LogP) is -1.72. The fourth-order valence-electron chi connectivity index (χ4n) is 11.3. The summed E-state index contributed by atoms with van der Waals surface area (Å²) in [4.78, 5) is 204. The number of nitrogens with zero attached hydrogens (tertiary/aromatic N) is 4. The van der Waals surface area contributed by atoms with E-state index in [0.29, 0.717) is 5.19 Å². The molecule has 0 aromatic heterocycles. The number of amides is 8. The van der Waals surface area contributed by atoms with E-state index in [-0.39, 0.29) is 122 Å². The second kappa shape index (κ2) is 43.4. The van der Waals surface area contributed by atoms with Gasteiger partial charge in [-0.1, -0.05) is 53.7 Å². The van der Waals surface area contributed by atoms with E-state index in [2.05, 4.69) is 31.9 Å². The lowest BCUT2D eigenvalue weighted by molar-refractivity contribution is -0.145. The Morgan fingerprint density at radius 1 is 0.412 bits per heavy atom. The summed E-state index contributed by atoms with van der Waals surface area (Å²) in [7, 11) is -3.81. The number of aliphatic carboxylic acids is 9. The van der Waals surface area contributed by atoms with E-state index >= 15 is 4.11 Å². The van der Waals surface area contributed by atoms with Crippen LogP contribution in [0.3, 0.4) is 0 Å². The zero-order valence-corrected chi connectivity index (χ0v) is 59.1. The van der Waals surface area contributed by atoms with E-state index in [0.717, 1.165) is 0 Å². The topological polar surface area (TPSA) is 564 Å². The number of nitrogens with one attached hydrogen (secondary N) is 8. The maximum absolute atomic E-state index is 17.2. The molecule has 39 heteroatoms. The lowest BCUT2D eigenvalue weighted by Gasteiger charge is -2.44. The van der Waals surface area contributed by atoms with Crippen molar-refractivity contribution in [2.24, 2.45) is 0 Å². The van der Waals surface area contributed by atoms with E-state index in [1.165, 1.54) is 43.9 Å². The Morgan fingerprint density at radius 2 is 0.804 bits per heavy atom. The highest BCUT2D eigenvalue weighted by atomic mass is 28.4. The lowest BCUT2D eigenvalue weighted by Crippen LogP contribution is -2.58. The number of carbonyl (C=O) groups excluding carboxylic acids is 7. The van der Waals surface area contributed by atoms with Crippen LogP contribution >= 0.6 is 0 Å². The smallest absolute Gasteiger partial charge is 0.326 e. The Morgan fingerprint density at radius 3 is 1.23 bits per heavy atom. The van der Waals surface area contributed by atoms with Crippen LogP contribution < -0.4 is 47.7 Å². The van der Waals surface area contributed by atoms with Gasteiger partial charge in [-0.3, -0.25) is 72.3 Å². The molecule has 1 aromatic rings. The van der Waals surface area contributed by atoms with Crippen molar-refractivity contribution in [1.29, 1.82) is 0 Å². The van der Waals surface area contributed by atoms with Gasteiger partial charge in [0.15, 0.2) is 0 Å². The molecule has 1 saturated heterocycles. The molecule has 0 spiro atoms. The second-order valence-corrected chi connectivity index (χ2v) is 31.5. The number of carbonyl (C=O) groups is 16. The minimum atomic E-state index is -3.81. The number of hydrogen-bond donors (Lipinski definition) is 17. The summed E-state index contributed by atoms with van der Waals surface area (Å²) >= 11 is 0. The molecule has 1 aliphatic rings. The summed E-state index contributed by atoms with van der Waals surface area (Å²) in [6.07, 6.45) is -4.07. The SMILES string of the molecule is CC(C)(C)[Si](F)(c1ccc(C(=O)N[C@@H](CNC(=O)CC[C@H](C(=O)O)N2CCN(CC(=O)O)CCN(CC(=O)O)CCN(CC(=O)O)CC2)C(=O)N[C@H](CCCCNC(=O)CCC(=O)NCCC[C@@H](NC(=O)CC[C@H](NC(=O)N[C@@H](CCC(=O)O)C(=O)O)C(=O)O)C(=O)O)C(=O)O)cc1)C(C)(C)C. The van der Waals surface area contributed by atoms with Crippen molar-refractivity contribution in [3.8, 4) is 0 Å². The molecule has 0 bridgehead atoms. The van der Waals surface area contributed by atoms with Crippen molar-refractivity contribution >= 4 is 109 Å². The molecule has 102 heavy (non-hydrogen) atoms. The summed E-state index contributed by atoms with van der Waals surface area (Å²) in [6.45, 7) is 8.55. The van der Waals surface area contributed by atoms with Crippen LogP contribution in [0.5, 0.6) is 0 Å². The first-order valence-corrected chi connectivity index (χ1v) is 34.9. The zero-order valence-electron chi connectivity index (χ0n) is 58.1. The van der Waals surface area contributed by atoms with Gasteiger partial charge in [-0.25, -0.2) is 24.0 Å². The zero-order chi connectivity index (χ0) is 77.2. The second-order valence-electron chi connectivity index (χ2n) is 26.6. The normalized spacial score (nSPS) is 15.6. The van der Waals surface area contributed by atoms with Crippen LogP contribution in [0.1, 0.15) is 135 Å². The third-order valence-corrected chi connectivity index (χ3v) is 21.9. The first-order valence-electron chi connectivity index (χ1n) is 33.0. The van der Waals surface area contributed by atoms with Gasteiger partial charge in [-0.2, -0.15) is 0 Å². The minimum Gasteiger partial charge on any atom is -0.481 e. The largest absolute Gasteiger partial charge is 0.481 e. The molecule has 0 saturated carbocycles. The van der Waals surface area contributed by atoms with E-state index in [1.54, 1.807) is 41.5 Å². The third kappa shape index (κ3) is 32.9. The summed E-state index contributed by atoms with van der Waals surface area (Å²) in [5.74, 6) is -17.4. The van der Waals surface area contributed by atoms with Crippen molar-refractivity contribution in [3.05, 3.63) is 29.8 Å². The molecule has 1 fully saturated rings. The lowest BCUT2D eigenvalue weighted by atomic mass is 10.1. The molecule has 1 heterocycles. The van der Waals surface area contributed by atoms with Crippen molar-refractivity contribution in [3.63, 3.8) is 0 Å². The van der Waals surface area contributed by atoms with Crippen LogP contribution in [0.15, 0.2) is 24.3 Å². The first-order chi connectivity index (χ1) is 47.5. The number of benzene rings is 1. The Kier molecular flexibility index (Phi) is 37.7. The molecule has 0 unspecified atom stereocenters. The molecule has 572 valence electrons. The fraction of sp³-hybridized carbons (Fsp3) is 0.651. The van der Waals surface area contributed by atoms with Gasteiger partial charge in [0, 0.05) is 110 Å². The minimum absolute atomic E-state index is 0.000572. The maximum atomic E-state index is 17.2. The Hall–Kier alpha value is -9.47. The summed E-state index contributed by atoms with van der Waals surface area (Å²) in [5.41, 5.74) is -0.0342. The van der Waals surface area contributed by atoms with Crippen LogP contribution in [0, 0.1) is 0 Å². The van der Waals surface area contributed by atoms with Crippen LogP contribution in [0.4, 0.5) is 8.90 Å². The first kappa shape index (κ1) is 88.6. The molecule has 0 aliphatic carbocycles. The highest BCUT2D eigenvalue weighted by molar-refractivity contribution is 6.90. The monoisotopic (exact) mass is 1470 g/mol. The average Bonchev–Trinajstić information content (AvgIpc) is 0.748. The standard InChI is InChI=1S/C63H99FN12O25Si/c1-62(2,3)102(64,63(4,5)6)39-14-12-38(13-15-39)54(89)70-44(34-67-48(79)20-18-45(60(99)100)76-32-30-74(36-52(85)86)28-26-73(35-51(83)84)27-29-75(31-33-76)37-53(87)88)55(90)69-41(57(93)94)10-7-8-24-65-46(77)21-22-47(78)66-25-9-11-40(56(91)92)68-49(80)19-16-42(58(95)96)71-61(101)72-43(59(97)98)17-23-50(81)82/h12-15,40-45H,7-11,16-37H2,1-6H3,(H,65,77)(H,66,78)(H,67,79)(H,68,80)(H,69,90)(H,70,89)(H,81,82)(H,83,84)(H,85,86)(H,87,88)(H,91,92)(H,93,94)(H,95,96)(H,97,98)(H,99,100)(H2,71,72,101)/t40-,41-,42+,43+,44+,45-/m1/s1. The Balaban J connectivity index is 2.13. The maximum Gasteiger partial charge on any atom is 0.326 e. The predicted molar refractivity (Wildman–Crippen MR) is 359 cm³/mol. The van der Waals surface area contributed by atoms with Crippen molar-refractivity contribution in [2.45, 2.75) is 171 Å². The molecule has 6 atom stereocenters. The number of unbranched alkanes of at least 4 members (excludes halogenated alkanes) is 1. The Bertz CT molecular complexity index is 3050. The van der Waals surface area contributed by atoms with E-state index in [4.69, 9.17) is 5.11 Å². The van der Waals surface area contributed by atoms with Crippen LogP contribution in [-0.2, 0) is 67.1 Å². The van der Waals surface area contributed by atoms with Gasteiger partial charge >= 0.3 is 59.8 Å².